The van der Waals surface area contributed by atoms with E-state index in [1.54, 1.807) is 0 Å². The molecule has 2 unspecified atom stereocenters. The molecule has 0 rings (SSSR count). The van der Waals surface area contributed by atoms with E-state index in [0.29, 0.717) is 6.42 Å². The van der Waals surface area contributed by atoms with E-state index in [1.165, 1.54) is 14.0 Å². The molecule has 0 bridgehead atoms. The smallest absolute Gasteiger partial charge is 0.338 e. The van der Waals surface area contributed by atoms with Gasteiger partial charge in [0.25, 0.3) is 0 Å². The van der Waals surface area contributed by atoms with Crippen LogP contribution in [0.4, 0.5) is 0 Å². The predicted molar refractivity (Wildman–Crippen MR) is 65.6 cm³/mol. The third kappa shape index (κ3) is 5.48. The first-order valence-electron chi connectivity index (χ1n) is 5.80. The Morgan fingerprint density at radius 1 is 1.35 bits per heavy atom. The van der Waals surface area contributed by atoms with E-state index in [-0.39, 0.29) is 24.6 Å². The highest BCUT2D eigenvalue weighted by molar-refractivity contribution is 5.78. The minimum Gasteiger partial charge on any atom is -0.467 e. The molecule has 0 spiro atoms. The van der Waals surface area contributed by atoms with Crippen molar-refractivity contribution in [1.82, 2.24) is 5.32 Å². The Bertz CT molecular complexity index is 245. The molecule has 2 atom stereocenters. The fourth-order valence-electron chi connectivity index (χ4n) is 1.58. The summed E-state index contributed by atoms with van der Waals surface area (Å²) in [4.78, 5) is 11.3. The molecule has 0 aliphatic rings. The van der Waals surface area contributed by atoms with Crippen LogP contribution in [0.3, 0.4) is 0 Å². The standard InChI is InChI=1S/C12H25NO4/c1-11(2,3)9(6-7-14)13-8-12(4,16)10(15)17-5/h9,13-14,16H,6-8H2,1-5H3. The number of nitrogens with one attached hydrogen (secondary N) is 1. The molecule has 0 heterocycles. The summed E-state index contributed by atoms with van der Waals surface area (Å²) < 4.78 is 4.51. The Morgan fingerprint density at radius 2 is 1.88 bits per heavy atom. The van der Waals surface area contributed by atoms with E-state index in [0.717, 1.165) is 0 Å². The maximum absolute atomic E-state index is 11.3. The van der Waals surface area contributed by atoms with Crippen molar-refractivity contribution < 1.29 is 19.7 Å². The summed E-state index contributed by atoms with van der Waals surface area (Å²) in [5.74, 6) is -0.665. The Hall–Kier alpha value is -0.650. The topological polar surface area (TPSA) is 78.8 Å². The Morgan fingerprint density at radius 3 is 2.24 bits per heavy atom. The minimum atomic E-state index is -1.55. The van der Waals surface area contributed by atoms with Gasteiger partial charge < -0.3 is 20.3 Å². The van der Waals surface area contributed by atoms with Crippen molar-refractivity contribution in [1.29, 1.82) is 0 Å². The second-order valence-corrected chi connectivity index (χ2v) is 5.58. The Balaban J connectivity index is 4.45. The zero-order chi connectivity index (χ0) is 13.7. The molecule has 0 aliphatic carbocycles. The fourth-order valence-corrected chi connectivity index (χ4v) is 1.58. The normalized spacial score (nSPS) is 17.4. The maximum atomic E-state index is 11.3. The van der Waals surface area contributed by atoms with Gasteiger partial charge in [-0.3, -0.25) is 0 Å². The van der Waals surface area contributed by atoms with Gasteiger partial charge >= 0.3 is 5.97 Å². The lowest BCUT2D eigenvalue weighted by Crippen LogP contribution is -2.51. The molecule has 5 nitrogen and oxygen atoms in total. The summed E-state index contributed by atoms with van der Waals surface area (Å²) >= 11 is 0. The first kappa shape index (κ1) is 16.4. The number of carbonyl (C=O) groups excluding carboxylic acids is 1. The molecule has 5 heteroatoms. The Labute approximate surface area is 103 Å². The monoisotopic (exact) mass is 247 g/mol. The van der Waals surface area contributed by atoms with Crippen molar-refractivity contribution in [2.45, 2.75) is 45.8 Å². The average molecular weight is 247 g/mol. The number of aliphatic hydroxyl groups is 2. The lowest BCUT2D eigenvalue weighted by Gasteiger charge is -2.33. The summed E-state index contributed by atoms with van der Waals surface area (Å²) in [5.41, 5.74) is -1.61. The van der Waals surface area contributed by atoms with Crippen LogP contribution in [0.2, 0.25) is 0 Å². The van der Waals surface area contributed by atoms with Crippen molar-refractivity contribution in [2.24, 2.45) is 5.41 Å². The van der Waals surface area contributed by atoms with Gasteiger partial charge in [0.05, 0.1) is 7.11 Å². The van der Waals surface area contributed by atoms with Gasteiger partial charge in [0, 0.05) is 19.2 Å². The van der Waals surface area contributed by atoms with Crippen LogP contribution in [-0.2, 0) is 9.53 Å². The third-order valence-corrected chi connectivity index (χ3v) is 2.78. The molecule has 17 heavy (non-hydrogen) atoms. The number of methoxy groups -OCH3 is 1. The second-order valence-electron chi connectivity index (χ2n) is 5.58. The molecular formula is C12H25NO4. The van der Waals surface area contributed by atoms with Crippen LogP contribution in [0, 0.1) is 5.41 Å². The number of hydrogen-bond acceptors (Lipinski definition) is 5. The molecule has 3 N–H and O–H groups in total. The summed E-state index contributed by atoms with van der Waals surface area (Å²) in [7, 11) is 1.24. The van der Waals surface area contributed by atoms with Crippen molar-refractivity contribution in [3.8, 4) is 0 Å². The summed E-state index contributed by atoms with van der Waals surface area (Å²) in [6.07, 6.45) is 0.570. The highest BCUT2D eigenvalue weighted by atomic mass is 16.5. The molecule has 0 saturated heterocycles. The van der Waals surface area contributed by atoms with E-state index >= 15 is 0 Å². The van der Waals surface area contributed by atoms with E-state index < -0.39 is 11.6 Å². The van der Waals surface area contributed by atoms with Crippen molar-refractivity contribution in [3.63, 3.8) is 0 Å². The quantitative estimate of drug-likeness (QED) is 0.588. The highest BCUT2D eigenvalue weighted by Crippen LogP contribution is 2.22. The summed E-state index contributed by atoms with van der Waals surface area (Å²) in [6.45, 7) is 7.68. The molecule has 0 fully saturated rings. The lowest BCUT2D eigenvalue weighted by molar-refractivity contribution is -0.160. The first-order valence-corrected chi connectivity index (χ1v) is 5.80. The van der Waals surface area contributed by atoms with Gasteiger partial charge in [-0.25, -0.2) is 4.79 Å². The molecule has 0 aromatic carbocycles. The average Bonchev–Trinajstić information content (AvgIpc) is 2.21. The number of hydrogen-bond donors (Lipinski definition) is 3. The third-order valence-electron chi connectivity index (χ3n) is 2.78. The highest BCUT2D eigenvalue weighted by Gasteiger charge is 2.33. The molecule has 0 aliphatic heterocycles. The largest absolute Gasteiger partial charge is 0.467 e. The SMILES string of the molecule is COC(=O)C(C)(O)CNC(CCO)C(C)(C)C. The van der Waals surface area contributed by atoms with Gasteiger partial charge in [-0.2, -0.15) is 0 Å². The zero-order valence-electron chi connectivity index (χ0n) is 11.4. The van der Waals surface area contributed by atoms with Crippen LogP contribution in [0.1, 0.15) is 34.1 Å². The van der Waals surface area contributed by atoms with Gasteiger partial charge in [0.15, 0.2) is 5.60 Å². The van der Waals surface area contributed by atoms with Crippen LogP contribution in [-0.4, -0.2) is 48.1 Å². The molecule has 0 aromatic heterocycles. The fraction of sp³-hybridized carbons (Fsp3) is 0.917. The zero-order valence-corrected chi connectivity index (χ0v) is 11.4. The number of esters is 1. The predicted octanol–water partition coefficient (Wildman–Crippen LogP) is 0.297. The van der Waals surface area contributed by atoms with E-state index in [1.807, 2.05) is 20.8 Å². The van der Waals surface area contributed by atoms with Gasteiger partial charge in [-0.1, -0.05) is 20.8 Å². The molecular weight excluding hydrogens is 222 g/mol. The van der Waals surface area contributed by atoms with E-state index in [9.17, 15) is 9.90 Å². The van der Waals surface area contributed by atoms with Gasteiger partial charge in [-0.05, 0) is 18.8 Å². The number of ether oxygens (including phenoxy) is 1. The van der Waals surface area contributed by atoms with Gasteiger partial charge in [-0.15, -0.1) is 0 Å². The first-order chi connectivity index (χ1) is 7.65. The van der Waals surface area contributed by atoms with E-state index in [4.69, 9.17) is 5.11 Å². The Kier molecular flexibility index (Phi) is 6.09. The maximum Gasteiger partial charge on any atom is 0.338 e. The van der Waals surface area contributed by atoms with Crippen molar-refractivity contribution in [3.05, 3.63) is 0 Å². The number of rotatable bonds is 6. The molecule has 0 saturated carbocycles. The van der Waals surface area contributed by atoms with E-state index in [2.05, 4.69) is 10.1 Å². The van der Waals surface area contributed by atoms with Crippen LogP contribution in [0.15, 0.2) is 0 Å². The summed E-state index contributed by atoms with van der Waals surface area (Å²) in [6, 6.07) is 0.0173. The van der Waals surface area contributed by atoms with Crippen LogP contribution in [0.5, 0.6) is 0 Å². The molecule has 102 valence electrons. The molecule has 0 amide bonds. The molecule has 0 radical (unpaired) electrons. The van der Waals surface area contributed by atoms with Crippen molar-refractivity contribution >= 4 is 5.97 Å². The second kappa shape index (κ2) is 6.33. The minimum absolute atomic E-state index is 0.0173. The van der Waals surface area contributed by atoms with Gasteiger partial charge in [0.2, 0.25) is 0 Å². The van der Waals surface area contributed by atoms with Crippen LogP contribution >= 0.6 is 0 Å². The lowest BCUT2D eigenvalue weighted by atomic mass is 9.84. The van der Waals surface area contributed by atoms with Crippen LogP contribution < -0.4 is 5.32 Å². The van der Waals surface area contributed by atoms with Crippen LogP contribution in [0.25, 0.3) is 0 Å². The van der Waals surface area contributed by atoms with Crippen molar-refractivity contribution in [2.75, 3.05) is 20.3 Å². The summed E-state index contributed by atoms with van der Waals surface area (Å²) in [5, 5.41) is 22.0. The number of carbonyl (C=O) groups is 1. The van der Waals surface area contributed by atoms with Gasteiger partial charge in [0.1, 0.15) is 0 Å². The number of aliphatic hydroxyl groups excluding tert-OH is 1. The molecule has 0 aromatic rings.